The molecule has 0 bridgehead atoms. The van der Waals surface area contributed by atoms with E-state index in [1.807, 2.05) is 42.5 Å². The van der Waals surface area contributed by atoms with Crippen LogP contribution in [0.5, 0.6) is 0 Å². The zero-order valence-corrected chi connectivity index (χ0v) is 17.0. The van der Waals surface area contributed by atoms with Crippen molar-refractivity contribution in [3.05, 3.63) is 53.4 Å². The predicted molar refractivity (Wildman–Crippen MR) is 110 cm³/mol. The van der Waals surface area contributed by atoms with Gasteiger partial charge in [0.2, 0.25) is 0 Å². The van der Waals surface area contributed by atoms with E-state index in [0.717, 1.165) is 15.3 Å². The lowest BCUT2D eigenvalue weighted by molar-refractivity contribution is -0.150. The van der Waals surface area contributed by atoms with E-state index in [1.165, 1.54) is 13.0 Å². The zero-order chi connectivity index (χ0) is 20.1. The van der Waals surface area contributed by atoms with Crippen LogP contribution in [0, 0.1) is 0 Å². The molecular weight excluding hydrogens is 398 g/mol. The summed E-state index contributed by atoms with van der Waals surface area (Å²) < 4.78 is 28.0. The van der Waals surface area contributed by atoms with Gasteiger partial charge >= 0.3 is 5.97 Å². The van der Waals surface area contributed by atoms with Crippen LogP contribution in [0.2, 0.25) is 0 Å². The fraction of sp³-hybridized carbons (Fsp3) is 0.300. The van der Waals surface area contributed by atoms with Crippen molar-refractivity contribution >= 4 is 39.1 Å². The Hall–Kier alpha value is -2.45. The highest BCUT2D eigenvalue weighted by Crippen LogP contribution is 2.28. The molecule has 1 aromatic heterocycles. The van der Waals surface area contributed by atoms with Crippen LogP contribution < -0.4 is 5.32 Å². The minimum absolute atomic E-state index is 0.0680. The van der Waals surface area contributed by atoms with Gasteiger partial charge in [-0.3, -0.25) is 4.79 Å². The lowest BCUT2D eigenvalue weighted by Gasteiger charge is -2.15. The van der Waals surface area contributed by atoms with Crippen molar-refractivity contribution in [3.63, 3.8) is 0 Å². The Morgan fingerprint density at radius 1 is 1.21 bits per heavy atom. The molecular formula is C20H21NO5S2. The number of benzene rings is 1. The number of rotatable bonds is 6. The standard InChI is InChI=1S/C20H21NO5S2/c1-14(20(23)21-16-11-12-28(24,25)13-16)26-19(22)10-8-17-7-9-18(27-17)15-5-3-2-4-6-15/h2-10,14,16H,11-13H2,1H3,(H,21,23)/b10-8+/t14-,16+/m1/s1. The summed E-state index contributed by atoms with van der Waals surface area (Å²) in [5, 5.41) is 2.62. The molecule has 1 N–H and O–H groups in total. The molecule has 2 aromatic rings. The van der Waals surface area contributed by atoms with E-state index in [1.54, 1.807) is 17.4 Å². The average Bonchev–Trinajstić information content (AvgIpc) is 3.27. The first-order valence-electron chi connectivity index (χ1n) is 8.87. The average molecular weight is 420 g/mol. The number of hydrogen-bond donors (Lipinski definition) is 1. The summed E-state index contributed by atoms with van der Waals surface area (Å²) in [4.78, 5) is 26.0. The molecule has 3 rings (SSSR count). The first-order valence-corrected chi connectivity index (χ1v) is 11.5. The van der Waals surface area contributed by atoms with E-state index < -0.39 is 33.9 Å². The first-order chi connectivity index (χ1) is 13.3. The molecule has 0 spiro atoms. The Balaban J connectivity index is 1.51. The second kappa shape index (κ2) is 8.70. The Bertz CT molecular complexity index is 979. The lowest BCUT2D eigenvalue weighted by atomic mass is 10.2. The summed E-state index contributed by atoms with van der Waals surface area (Å²) in [6.07, 6.45) is 2.32. The Kier molecular flexibility index (Phi) is 6.31. The zero-order valence-electron chi connectivity index (χ0n) is 15.3. The van der Waals surface area contributed by atoms with Gasteiger partial charge in [0.15, 0.2) is 15.9 Å². The Morgan fingerprint density at radius 2 is 1.96 bits per heavy atom. The van der Waals surface area contributed by atoms with E-state index in [4.69, 9.17) is 4.74 Å². The molecule has 0 saturated carbocycles. The van der Waals surface area contributed by atoms with Crippen molar-refractivity contribution < 1.29 is 22.7 Å². The minimum Gasteiger partial charge on any atom is -0.449 e. The van der Waals surface area contributed by atoms with Gasteiger partial charge in [0.05, 0.1) is 11.5 Å². The summed E-state index contributed by atoms with van der Waals surface area (Å²) in [5.41, 5.74) is 1.11. The van der Waals surface area contributed by atoms with Gasteiger partial charge < -0.3 is 10.1 Å². The molecule has 1 saturated heterocycles. The quantitative estimate of drug-likeness (QED) is 0.574. The maximum Gasteiger partial charge on any atom is 0.331 e. The fourth-order valence-electron chi connectivity index (χ4n) is 2.84. The largest absolute Gasteiger partial charge is 0.449 e. The molecule has 1 aliphatic heterocycles. The third-order valence-corrected chi connectivity index (χ3v) is 7.18. The molecule has 148 valence electrons. The topological polar surface area (TPSA) is 89.5 Å². The Labute approximate surface area is 168 Å². The van der Waals surface area contributed by atoms with Crippen molar-refractivity contribution in [2.75, 3.05) is 11.5 Å². The van der Waals surface area contributed by atoms with Crippen LogP contribution in [0.3, 0.4) is 0 Å². The Morgan fingerprint density at radius 3 is 2.64 bits per heavy atom. The number of thiophene rings is 1. The van der Waals surface area contributed by atoms with E-state index >= 15 is 0 Å². The molecule has 2 heterocycles. The van der Waals surface area contributed by atoms with E-state index in [0.29, 0.717) is 6.42 Å². The van der Waals surface area contributed by atoms with Gasteiger partial charge in [-0.15, -0.1) is 11.3 Å². The number of carbonyl (C=O) groups is 2. The van der Waals surface area contributed by atoms with E-state index in [2.05, 4.69) is 5.32 Å². The van der Waals surface area contributed by atoms with Crippen molar-refractivity contribution in [2.45, 2.75) is 25.5 Å². The molecule has 1 aliphatic rings. The highest BCUT2D eigenvalue weighted by molar-refractivity contribution is 7.91. The molecule has 1 aromatic carbocycles. The molecule has 1 fully saturated rings. The lowest BCUT2D eigenvalue weighted by Crippen LogP contribution is -2.42. The van der Waals surface area contributed by atoms with Crippen LogP contribution in [0.4, 0.5) is 0 Å². The van der Waals surface area contributed by atoms with Crippen LogP contribution in [0.15, 0.2) is 48.5 Å². The van der Waals surface area contributed by atoms with E-state index in [9.17, 15) is 18.0 Å². The van der Waals surface area contributed by atoms with Crippen molar-refractivity contribution in [1.29, 1.82) is 0 Å². The number of nitrogens with one attached hydrogen (secondary N) is 1. The van der Waals surface area contributed by atoms with Gasteiger partial charge in [0.25, 0.3) is 5.91 Å². The normalized spacial score (nSPS) is 19.4. The van der Waals surface area contributed by atoms with Crippen LogP contribution in [0.25, 0.3) is 16.5 Å². The van der Waals surface area contributed by atoms with Crippen LogP contribution in [-0.2, 0) is 24.2 Å². The van der Waals surface area contributed by atoms with Crippen LogP contribution in [-0.4, -0.2) is 43.9 Å². The van der Waals surface area contributed by atoms with Crippen molar-refractivity contribution in [2.24, 2.45) is 0 Å². The molecule has 1 amide bonds. The predicted octanol–water partition coefficient (Wildman–Crippen LogP) is 2.66. The van der Waals surface area contributed by atoms with Crippen molar-refractivity contribution in [1.82, 2.24) is 5.32 Å². The summed E-state index contributed by atoms with van der Waals surface area (Å²) in [6, 6.07) is 13.4. The molecule has 0 unspecified atom stereocenters. The molecule has 6 nitrogen and oxygen atoms in total. The van der Waals surface area contributed by atoms with Crippen LogP contribution >= 0.6 is 11.3 Å². The first kappa shape index (κ1) is 20.3. The number of amides is 1. The molecule has 8 heteroatoms. The molecule has 0 radical (unpaired) electrons. The monoisotopic (exact) mass is 419 g/mol. The summed E-state index contributed by atoms with van der Waals surface area (Å²) in [5.74, 6) is -1.12. The second-order valence-corrected chi connectivity index (χ2v) is 9.93. The van der Waals surface area contributed by atoms with Gasteiger partial charge in [-0.1, -0.05) is 30.3 Å². The van der Waals surface area contributed by atoms with Gasteiger partial charge in [-0.25, -0.2) is 13.2 Å². The maximum atomic E-state index is 12.1. The number of carbonyl (C=O) groups excluding carboxylic acids is 2. The third-order valence-electron chi connectivity index (χ3n) is 4.31. The SMILES string of the molecule is C[C@@H](OC(=O)/C=C/c1ccc(-c2ccccc2)s1)C(=O)N[C@H]1CCS(=O)(=O)C1. The second-order valence-electron chi connectivity index (χ2n) is 6.59. The molecule has 0 aliphatic carbocycles. The van der Waals surface area contributed by atoms with Gasteiger partial charge in [0, 0.05) is 21.9 Å². The van der Waals surface area contributed by atoms with Gasteiger partial charge in [-0.05, 0) is 37.1 Å². The summed E-state index contributed by atoms with van der Waals surface area (Å²) in [6.45, 7) is 1.46. The highest BCUT2D eigenvalue weighted by Gasteiger charge is 2.30. The molecule has 28 heavy (non-hydrogen) atoms. The minimum atomic E-state index is -3.08. The number of esters is 1. The van der Waals surface area contributed by atoms with Crippen LogP contribution in [0.1, 0.15) is 18.2 Å². The molecule has 2 atom stereocenters. The van der Waals surface area contributed by atoms with Crippen molar-refractivity contribution in [3.8, 4) is 10.4 Å². The number of ether oxygens (including phenoxy) is 1. The number of hydrogen-bond acceptors (Lipinski definition) is 6. The maximum absolute atomic E-state index is 12.1. The fourth-order valence-corrected chi connectivity index (χ4v) is 5.43. The van der Waals surface area contributed by atoms with Gasteiger partial charge in [0.1, 0.15) is 0 Å². The number of sulfone groups is 1. The highest BCUT2D eigenvalue weighted by atomic mass is 32.2. The summed E-state index contributed by atoms with van der Waals surface area (Å²) >= 11 is 1.54. The van der Waals surface area contributed by atoms with E-state index in [-0.39, 0.29) is 11.5 Å². The van der Waals surface area contributed by atoms with Gasteiger partial charge in [-0.2, -0.15) is 0 Å². The third kappa shape index (κ3) is 5.53. The summed E-state index contributed by atoms with van der Waals surface area (Å²) in [7, 11) is -3.08. The smallest absolute Gasteiger partial charge is 0.331 e.